The maximum Gasteiger partial charge on any atom is 0.109 e. The van der Waals surface area contributed by atoms with Gasteiger partial charge in [0.2, 0.25) is 0 Å². The number of ether oxygens (including phenoxy) is 1. The molecule has 1 N–H and O–H groups in total. The summed E-state index contributed by atoms with van der Waals surface area (Å²) in [6, 6.07) is 2.61. The van der Waals surface area contributed by atoms with Gasteiger partial charge in [-0.15, -0.1) is 0 Å². The summed E-state index contributed by atoms with van der Waals surface area (Å²) in [7, 11) is 0. The van der Waals surface area contributed by atoms with Crippen molar-refractivity contribution in [2.75, 3.05) is 5.32 Å². The molecule has 0 amide bonds. The number of anilines is 1. The largest absolute Gasteiger partial charge is 0.381 e. The molecule has 2 rings (SSSR count). The molecule has 2 heterocycles. The molecule has 1 saturated heterocycles. The van der Waals surface area contributed by atoms with Crippen molar-refractivity contribution in [3.63, 3.8) is 0 Å². The summed E-state index contributed by atoms with van der Waals surface area (Å²) in [6.07, 6.45) is 4.65. The summed E-state index contributed by atoms with van der Waals surface area (Å²) in [5, 5.41) is 3.55. The van der Waals surface area contributed by atoms with Crippen LogP contribution in [0.15, 0.2) is 16.9 Å². The maximum atomic E-state index is 5.73. The average molecular weight is 299 g/mol. The fourth-order valence-electron chi connectivity index (χ4n) is 2.40. The number of aryl methyl sites for hydroxylation is 1. The first-order chi connectivity index (χ1) is 8.04. The number of pyridine rings is 1. The molecule has 3 nitrogen and oxygen atoms in total. The minimum atomic E-state index is 0.334. The van der Waals surface area contributed by atoms with E-state index in [1.807, 2.05) is 6.20 Å². The second kappa shape index (κ2) is 5.36. The second-order valence-electron chi connectivity index (χ2n) is 4.90. The van der Waals surface area contributed by atoms with Crippen molar-refractivity contribution in [2.24, 2.45) is 0 Å². The van der Waals surface area contributed by atoms with E-state index in [4.69, 9.17) is 4.74 Å². The molecule has 0 spiro atoms. The van der Waals surface area contributed by atoms with Crippen molar-refractivity contribution in [3.8, 4) is 0 Å². The lowest BCUT2D eigenvalue weighted by Crippen LogP contribution is -2.36. The van der Waals surface area contributed by atoms with Crippen LogP contribution in [0.5, 0.6) is 0 Å². The Bertz CT molecular complexity index is 387. The minimum absolute atomic E-state index is 0.334. The van der Waals surface area contributed by atoms with E-state index in [1.165, 1.54) is 0 Å². The van der Waals surface area contributed by atoms with Gasteiger partial charge in [-0.1, -0.05) is 0 Å². The lowest BCUT2D eigenvalue weighted by molar-refractivity contribution is -0.0337. The fraction of sp³-hybridized carbons (Fsp3) is 0.615. The van der Waals surface area contributed by atoms with Crippen molar-refractivity contribution >= 4 is 21.6 Å². The van der Waals surface area contributed by atoms with E-state index in [9.17, 15) is 0 Å². The molecule has 0 radical (unpaired) electrons. The smallest absolute Gasteiger partial charge is 0.109 e. The zero-order chi connectivity index (χ0) is 12.4. The molecule has 2 unspecified atom stereocenters. The highest BCUT2D eigenvalue weighted by atomic mass is 79.9. The fourth-order valence-corrected chi connectivity index (χ4v) is 2.61. The normalized spacial score (nSPS) is 29.1. The van der Waals surface area contributed by atoms with Crippen LogP contribution in [0.2, 0.25) is 0 Å². The highest BCUT2D eigenvalue weighted by molar-refractivity contribution is 9.10. The Kier molecular flexibility index (Phi) is 4.05. The Morgan fingerprint density at radius 3 is 2.59 bits per heavy atom. The molecule has 94 valence electrons. The third-order valence-electron chi connectivity index (χ3n) is 3.08. The molecule has 17 heavy (non-hydrogen) atoms. The third kappa shape index (κ3) is 3.42. The molecular formula is C13H19BrN2O. The lowest BCUT2D eigenvalue weighted by atomic mass is 9.99. The van der Waals surface area contributed by atoms with Gasteiger partial charge < -0.3 is 10.1 Å². The van der Waals surface area contributed by atoms with Crippen LogP contribution in [0.25, 0.3) is 0 Å². The van der Waals surface area contributed by atoms with Crippen molar-refractivity contribution in [1.82, 2.24) is 4.98 Å². The SMILES string of the molecule is Cc1cc(NC2CC(C)OC(C)C2)cnc1Br. The van der Waals surface area contributed by atoms with Gasteiger partial charge in [0.25, 0.3) is 0 Å². The Balaban J connectivity index is 2.02. The van der Waals surface area contributed by atoms with Crippen molar-refractivity contribution in [3.05, 3.63) is 22.4 Å². The first-order valence-electron chi connectivity index (χ1n) is 6.08. The Morgan fingerprint density at radius 1 is 1.35 bits per heavy atom. The van der Waals surface area contributed by atoms with Gasteiger partial charge in [-0.3, -0.25) is 0 Å². The standard InChI is InChI=1S/C13H19BrN2O/c1-8-4-12(7-15-13(8)14)16-11-5-9(2)17-10(3)6-11/h4,7,9-11,16H,5-6H2,1-3H3. The topological polar surface area (TPSA) is 34.1 Å². The van der Waals surface area contributed by atoms with Gasteiger partial charge in [0, 0.05) is 6.04 Å². The molecular weight excluding hydrogens is 280 g/mol. The number of nitrogens with zero attached hydrogens (tertiary/aromatic N) is 1. The van der Waals surface area contributed by atoms with E-state index in [2.05, 4.69) is 53.1 Å². The minimum Gasteiger partial charge on any atom is -0.381 e. The van der Waals surface area contributed by atoms with Gasteiger partial charge in [0.15, 0.2) is 0 Å². The van der Waals surface area contributed by atoms with Gasteiger partial charge in [-0.25, -0.2) is 4.98 Å². The number of aromatic nitrogens is 1. The van der Waals surface area contributed by atoms with Gasteiger partial charge >= 0.3 is 0 Å². The van der Waals surface area contributed by atoms with E-state index in [0.717, 1.165) is 28.7 Å². The van der Waals surface area contributed by atoms with Gasteiger partial charge in [0.05, 0.1) is 24.1 Å². The van der Waals surface area contributed by atoms with Crippen LogP contribution in [0.3, 0.4) is 0 Å². The first kappa shape index (κ1) is 12.8. The summed E-state index contributed by atoms with van der Waals surface area (Å²) in [5.74, 6) is 0. The summed E-state index contributed by atoms with van der Waals surface area (Å²) in [4.78, 5) is 4.31. The number of hydrogen-bond acceptors (Lipinski definition) is 3. The van der Waals surface area contributed by atoms with Crippen LogP contribution in [-0.4, -0.2) is 23.2 Å². The van der Waals surface area contributed by atoms with Gasteiger partial charge in [0.1, 0.15) is 4.60 Å². The average Bonchev–Trinajstić information content (AvgIpc) is 2.22. The Hall–Kier alpha value is -0.610. The molecule has 0 aliphatic carbocycles. The first-order valence-corrected chi connectivity index (χ1v) is 6.88. The van der Waals surface area contributed by atoms with E-state index in [-0.39, 0.29) is 0 Å². The van der Waals surface area contributed by atoms with E-state index >= 15 is 0 Å². The van der Waals surface area contributed by atoms with Crippen molar-refractivity contribution in [2.45, 2.75) is 51.9 Å². The number of halogens is 1. The summed E-state index contributed by atoms with van der Waals surface area (Å²) < 4.78 is 6.65. The molecule has 1 fully saturated rings. The number of hydrogen-bond donors (Lipinski definition) is 1. The number of rotatable bonds is 2. The van der Waals surface area contributed by atoms with Crippen LogP contribution >= 0.6 is 15.9 Å². The zero-order valence-corrected chi connectivity index (χ0v) is 12.1. The molecule has 0 aromatic carbocycles. The van der Waals surface area contributed by atoms with Crippen LogP contribution < -0.4 is 5.32 Å². The second-order valence-corrected chi connectivity index (χ2v) is 5.65. The summed E-state index contributed by atoms with van der Waals surface area (Å²) in [6.45, 7) is 6.32. The number of nitrogens with one attached hydrogen (secondary N) is 1. The quantitative estimate of drug-likeness (QED) is 0.848. The molecule has 2 atom stereocenters. The molecule has 1 aliphatic rings. The molecule has 1 aromatic heterocycles. The van der Waals surface area contributed by atoms with Gasteiger partial charge in [-0.05, 0) is 61.2 Å². The van der Waals surface area contributed by atoms with Crippen LogP contribution in [0.1, 0.15) is 32.3 Å². The van der Waals surface area contributed by atoms with Crippen LogP contribution in [-0.2, 0) is 4.74 Å². The molecule has 1 aromatic rings. The monoisotopic (exact) mass is 298 g/mol. The highest BCUT2D eigenvalue weighted by Gasteiger charge is 2.24. The molecule has 0 bridgehead atoms. The van der Waals surface area contributed by atoms with Crippen LogP contribution in [0.4, 0.5) is 5.69 Å². The highest BCUT2D eigenvalue weighted by Crippen LogP contribution is 2.24. The van der Waals surface area contributed by atoms with Crippen LogP contribution in [0, 0.1) is 6.92 Å². The Labute approximate surface area is 111 Å². The summed E-state index contributed by atoms with van der Waals surface area (Å²) >= 11 is 3.41. The maximum absolute atomic E-state index is 5.73. The van der Waals surface area contributed by atoms with Crippen molar-refractivity contribution in [1.29, 1.82) is 0 Å². The lowest BCUT2D eigenvalue weighted by Gasteiger charge is -2.33. The molecule has 0 saturated carbocycles. The molecule has 1 aliphatic heterocycles. The molecule has 4 heteroatoms. The summed E-state index contributed by atoms with van der Waals surface area (Å²) in [5.41, 5.74) is 2.25. The van der Waals surface area contributed by atoms with E-state index in [0.29, 0.717) is 18.2 Å². The third-order valence-corrected chi connectivity index (χ3v) is 3.91. The van der Waals surface area contributed by atoms with E-state index < -0.39 is 0 Å². The van der Waals surface area contributed by atoms with Gasteiger partial charge in [-0.2, -0.15) is 0 Å². The Morgan fingerprint density at radius 2 is 2.00 bits per heavy atom. The predicted molar refractivity (Wildman–Crippen MR) is 73.3 cm³/mol. The predicted octanol–water partition coefficient (Wildman–Crippen LogP) is 3.52. The van der Waals surface area contributed by atoms with E-state index in [1.54, 1.807) is 0 Å². The zero-order valence-electron chi connectivity index (χ0n) is 10.5. The van der Waals surface area contributed by atoms with Crippen molar-refractivity contribution < 1.29 is 4.74 Å².